The van der Waals surface area contributed by atoms with Gasteiger partial charge in [0.2, 0.25) is 5.79 Å². The van der Waals surface area contributed by atoms with Crippen LogP contribution in [0.25, 0.3) is 11.1 Å². The molecular formula is C16H15FO3. The fourth-order valence-corrected chi connectivity index (χ4v) is 2.52. The lowest BCUT2D eigenvalue weighted by Crippen LogP contribution is -2.41. The monoisotopic (exact) mass is 274 g/mol. The van der Waals surface area contributed by atoms with E-state index in [4.69, 9.17) is 4.74 Å². The lowest BCUT2D eigenvalue weighted by atomic mass is 9.85. The first-order valence-electron chi connectivity index (χ1n) is 6.46. The maximum Gasteiger partial charge on any atom is 0.237 e. The molecule has 3 nitrogen and oxygen atoms in total. The molecule has 2 aromatic rings. The van der Waals surface area contributed by atoms with E-state index in [0.29, 0.717) is 16.9 Å². The van der Waals surface area contributed by atoms with Gasteiger partial charge >= 0.3 is 0 Å². The molecule has 1 aliphatic heterocycles. The summed E-state index contributed by atoms with van der Waals surface area (Å²) in [4.78, 5) is 0. The summed E-state index contributed by atoms with van der Waals surface area (Å²) >= 11 is 0. The Kier molecular flexibility index (Phi) is 2.73. The molecule has 0 aromatic heterocycles. The van der Waals surface area contributed by atoms with Gasteiger partial charge in [0.05, 0.1) is 0 Å². The van der Waals surface area contributed by atoms with Crippen molar-refractivity contribution in [1.29, 1.82) is 0 Å². The molecule has 1 unspecified atom stereocenters. The van der Waals surface area contributed by atoms with Crippen molar-refractivity contribution in [1.82, 2.24) is 0 Å². The number of ether oxygens (including phenoxy) is 1. The highest BCUT2D eigenvalue weighted by atomic mass is 19.1. The van der Waals surface area contributed by atoms with Crippen molar-refractivity contribution in [2.75, 3.05) is 0 Å². The molecule has 104 valence electrons. The molecule has 0 spiro atoms. The average molecular weight is 274 g/mol. The fourth-order valence-electron chi connectivity index (χ4n) is 2.52. The average Bonchev–Trinajstić information content (AvgIpc) is 2.38. The normalized spacial score (nSPS) is 20.2. The molecule has 0 saturated carbocycles. The number of hydrogen-bond acceptors (Lipinski definition) is 3. The second kappa shape index (κ2) is 4.21. The Morgan fingerprint density at radius 3 is 2.50 bits per heavy atom. The minimum Gasteiger partial charge on any atom is -0.508 e. The van der Waals surface area contributed by atoms with Crippen LogP contribution in [0.15, 0.2) is 36.4 Å². The largest absolute Gasteiger partial charge is 0.508 e. The van der Waals surface area contributed by atoms with Crippen LogP contribution in [0.5, 0.6) is 11.5 Å². The molecule has 1 atom stereocenters. The number of halogens is 1. The van der Waals surface area contributed by atoms with Crippen LogP contribution >= 0.6 is 0 Å². The molecule has 0 bridgehead atoms. The van der Waals surface area contributed by atoms with E-state index >= 15 is 0 Å². The third kappa shape index (κ3) is 1.76. The first kappa shape index (κ1) is 12.9. The van der Waals surface area contributed by atoms with Crippen LogP contribution in [0.1, 0.15) is 19.4 Å². The van der Waals surface area contributed by atoms with Crippen LogP contribution in [0.3, 0.4) is 0 Å². The van der Waals surface area contributed by atoms with E-state index in [0.717, 1.165) is 5.56 Å². The molecule has 2 aromatic carbocycles. The zero-order valence-corrected chi connectivity index (χ0v) is 11.2. The van der Waals surface area contributed by atoms with Crippen LogP contribution in [0, 0.1) is 11.7 Å². The van der Waals surface area contributed by atoms with E-state index < -0.39 is 11.6 Å². The summed E-state index contributed by atoms with van der Waals surface area (Å²) in [5, 5.41) is 20.4. The summed E-state index contributed by atoms with van der Waals surface area (Å²) in [6, 6.07) is 8.95. The Labute approximate surface area is 116 Å². The molecule has 0 radical (unpaired) electrons. The van der Waals surface area contributed by atoms with Crippen molar-refractivity contribution < 1.29 is 19.3 Å². The number of fused-ring (bicyclic) bond motifs is 3. The highest BCUT2D eigenvalue weighted by molar-refractivity contribution is 5.77. The molecule has 1 heterocycles. The Bertz CT molecular complexity index is 681. The maximum atomic E-state index is 13.5. The summed E-state index contributed by atoms with van der Waals surface area (Å²) in [5.41, 5.74) is 1.85. The van der Waals surface area contributed by atoms with Crippen molar-refractivity contribution in [3.63, 3.8) is 0 Å². The van der Waals surface area contributed by atoms with Crippen LogP contribution in [-0.2, 0) is 5.79 Å². The highest BCUT2D eigenvalue weighted by Crippen LogP contribution is 2.48. The first-order valence-corrected chi connectivity index (χ1v) is 6.46. The zero-order valence-electron chi connectivity index (χ0n) is 11.2. The molecule has 4 heteroatoms. The van der Waals surface area contributed by atoms with Crippen molar-refractivity contribution in [2.24, 2.45) is 5.92 Å². The number of aromatic hydroxyl groups is 1. The van der Waals surface area contributed by atoms with E-state index in [1.165, 1.54) is 24.3 Å². The summed E-state index contributed by atoms with van der Waals surface area (Å²) in [6.07, 6.45) is 0. The quantitative estimate of drug-likeness (QED) is 0.838. The Morgan fingerprint density at radius 2 is 1.80 bits per heavy atom. The van der Waals surface area contributed by atoms with Crippen LogP contribution < -0.4 is 4.74 Å². The molecule has 0 fully saturated rings. The summed E-state index contributed by atoms with van der Waals surface area (Å²) in [7, 11) is 0. The lowest BCUT2D eigenvalue weighted by molar-refractivity contribution is -0.180. The van der Waals surface area contributed by atoms with Crippen molar-refractivity contribution in [3.8, 4) is 22.6 Å². The van der Waals surface area contributed by atoms with Gasteiger partial charge in [-0.15, -0.1) is 0 Å². The maximum absolute atomic E-state index is 13.5. The van der Waals surface area contributed by atoms with Gasteiger partial charge in [0.15, 0.2) is 0 Å². The number of hydrogen-bond donors (Lipinski definition) is 2. The first-order chi connectivity index (χ1) is 9.41. The third-order valence-electron chi connectivity index (χ3n) is 3.67. The Hall–Kier alpha value is -2.07. The predicted octanol–water partition coefficient (Wildman–Crippen LogP) is 3.39. The molecular weight excluding hydrogens is 259 g/mol. The second-order valence-corrected chi connectivity index (χ2v) is 5.32. The standard InChI is InChI=1S/C16H15FO3/c1-9(2)16(19)14-7-10(17)3-5-12(14)13-6-4-11(18)8-15(13)20-16/h3-9,18-19H,1-2H3. The van der Waals surface area contributed by atoms with Gasteiger partial charge < -0.3 is 14.9 Å². The highest BCUT2D eigenvalue weighted by Gasteiger charge is 2.42. The van der Waals surface area contributed by atoms with Crippen molar-refractivity contribution in [3.05, 3.63) is 47.8 Å². The molecule has 20 heavy (non-hydrogen) atoms. The number of phenols is 1. The van der Waals surface area contributed by atoms with Gasteiger partial charge in [-0.25, -0.2) is 4.39 Å². The molecule has 2 N–H and O–H groups in total. The molecule has 0 amide bonds. The SMILES string of the molecule is CC(C)C1(O)Oc2cc(O)ccc2-c2ccc(F)cc21. The topological polar surface area (TPSA) is 49.7 Å². The van der Waals surface area contributed by atoms with Gasteiger partial charge in [0.1, 0.15) is 17.3 Å². The summed E-state index contributed by atoms with van der Waals surface area (Å²) in [5.74, 6) is -1.87. The number of rotatable bonds is 1. The van der Waals surface area contributed by atoms with Gasteiger partial charge in [-0.05, 0) is 29.8 Å². The lowest BCUT2D eigenvalue weighted by Gasteiger charge is -2.38. The van der Waals surface area contributed by atoms with E-state index in [1.807, 2.05) is 0 Å². The minimum atomic E-state index is -1.61. The predicted molar refractivity (Wildman–Crippen MR) is 72.9 cm³/mol. The van der Waals surface area contributed by atoms with Gasteiger partial charge in [0, 0.05) is 23.1 Å². The minimum absolute atomic E-state index is 0.0559. The number of aliphatic hydroxyl groups is 1. The van der Waals surface area contributed by atoms with Crippen molar-refractivity contribution in [2.45, 2.75) is 19.6 Å². The third-order valence-corrected chi connectivity index (χ3v) is 3.67. The number of benzene rings is 2. The van der Waals surface area contributed by atoms with E-state index in [2.05, 4.69) is 0 Å². The van der Waals surface area contributed by atoms with Gasteiger partial charge in [-0.3, -0.25) is 0 Å². The second-order valence-electron chi connectivity index (χ2n) is 5.32. The van der Waals surface area contributed by atoms with Crippen LogP contribution in [0.4, 0.5) is 4.39 Å². The van der Waals surface area contributed by atoms with E-state index in [9.17, 15) is 14.6 Å². The summed E-state index contributed by atoms with van der Waals surface area (Å²) in [6.45, 7) is 3.59. The van der Waals surface area contributed by atoms with E-state index in [1.54, 1.807) is 26.0 Å². The van der Waals surface area contributed by atoms with Gasteiger partial charge in [-0.2, -0.15) is 0 Å². The molecule has 0 saturated heterocycles. The fraction of sp³-hybridized carbons (Fsp3) is 0.250. The van der Waals surface area contributed by atoms with Gasteiger partial charge in [-0.1, -0.05) is 19.9 Å². The molecule has 0 aliphatic carbocycles. The Morgan fingerprint density at radius 1 is 1.10 bits per heavy atom. The molecule has 1 aliphatic rings. The molecule has 3 rings (SSSR count). The van der Waals surface area contributed by atoms with Crippen molar-refractivity contribution >= 4 is 0 Å². The Balaban J connectivity index is 2.31. The van der Waals surface area contributed by atoms with Crippen LogP contribution in [0.2, 0.25) is 0 Å². The smallest absolute Gasteiger partial charge is 0.237 e. The number of phenolic OH excluding ortho intramolecular Hbond substituents is 1. The van der Waals surface area contributed by atoms with E-state index in [-0.39, 0.29) is 11.7 Å². The zero-order chi connectivity index (χ0) is 14.5. The van der Waals surface area contributed by atoms with Crippen LogP contribution in [-0.4, -0.2) is 10.2 Å². The summed E-state index contributed by atoms with van der Waals surface area (Å²) < 4.78 is 19.2. The van der Waals surface area contributed by atoms with Gasteiger partial charge in [0.25, 0.3) is 0 Å².